The summed E-state index contributed by atoms with van der Waals surface area (Å²) in [4.78, 5) is 68.6. The van der Waals surface area contributed by atoms with E-state index in [4.69, 9.17) is 0 Å². The lowest BCUT2D eigenvalue weighted by Gasteiger charge is -2.16. The van der Waals surface area contributed by atoms with Crippen LogP contribution in [0.4, 0.5) is 0 Å². The lowest BCUT2D eigenvalue weighted by Crippen LogP contribution is -2.21. The highest BCUT2D eigenvalue weighted by molar-refractivity contribution is 6.11. The van der Waals surface area contributed by atoms with E-state index in [-0.39, 0.29) is 22.3 Å². The van der Waals surface area contributed by atoms with Crippen LogP contribution in [0.15, 0.2) is 194 Å². The van der Waals surface area contributed by atoms with Gasteiger partial charge < -0.3 is 40.4 Å². The van der Waals surface area contributed by atoms with Crippen molar-refractivity contribution in [3.8, 4) is 0 Å². The van der Waals surface area contributed by atoms with E-state index in [9.17, 15) is 39.6 Å². The fourth-order valence-electron chi connectivity index (χ4n) is 11.3. The van der Waals surface area contributed by atoms with Crippen LogP contribution >= 0.6 is 0 Å². The monoisotopic (exact) mass is 992 g/mol. The molecule has 0 spiro atoms. The SMILES string of the molecule is O=C(O)c1ccc2ccccc2c1C1=c2ccc([nH]2)=C(c2c(C(=O)O)ccc3ccccc23)c2ccc([nH]2)C(c2c(C(=O)O)ccc3ccccc23)=c2ccc([nH]2)=C(c2c(C(=O)O)ccc3ccccc23)c2ccc1[nH]2. The normalized spacial score (nSPS) is 12.5. The molecule has 0 atom stereocenters. The Hall–Kier alpha value is -10.7. The Bertz CT molecular complexity index is 4200. The summed E-state index contributed by atoms with van der Waals surface area (Å²) in [7, 11) is 0. The maximum Gasteiger partial charge on any atom is 0.336 e. The third-order valence-electron chi connectivity index (χ3n) is 14.5. The number of fused-ring (bicyclic) bond motifs is 12. The molecule has 13 rings (SSSR count). The van der Waals surface area contributed by atoms with Gasteiger partial charge in [0.2, 0.25) is 0 Å². The molecule has 364 valence electrons. The Morgan fingerprint density at radius 2 is 0.474 bits per heavy atom. The van der Waals surface area contributed by atoms with Crippen molar-refractivity contribution in [1.82, 2.24) is 19.9 Å². The minimum Gasteiger partial charge on any atom is -0.478 e. The van der Waals surface area contributed by atoms with Crippen LogP contribution in [0.3, 0.4) is 0 Å². The van der Waals surface area contributed by atoms with Crippen molar-refractivity contribution in [2.45, 2.75) is 0 Å². The molecule has 12 heteroatoms. The van der Waals surface area contributed by atoms with Gasteiger partial charge in [-0.05, 0) is 116 Å². The number of aromatic amines is 4. The number of rotatable bonds is 8. The van der Waals surface area contributed by atoms with Gasteiger partial charge in [0.25, 0.3) is 0 Å². The smallest absolute Gasteiger partial charge is 0.336 e. The minimum absolute atomic E-state index is 0.0218. The van der Waals surface area contributed by atoms with Gasteiger partial charge in [-0.25, -0.2) is 19.2 Å². The second kappa shape index (κ2) is 17.5. The number of H-pyrrole nitrogens is 4. The second-order valence-electron chi connectivity index (χ2n) is 18.7. The molecule has 12 aromatic rings. The van der Waals surface area contributed by atoms with Crippen LogP contribution in [-0.4, -0.2) is 64.2 Å². The molecule has 0 radical (unpaired) electrons. The maximum absolute atomic E-state index is 13.5. The highest BCUT2D eigenvalue weighted by Crippen LogP contribution is 2.38. The molecular weight excluding hydrogens is 953 g/mol. The molecule has 1 aliphatic heterocycles. The predicted octanol–water partition coefficient (Wildman–Crippen LogP) is 9.71. The van der Waals surface area contributed by atoms with Crippen LogP contribution in [0.25, 0.3) is 65.4 Å². The summed E-state index contributed by atoms with van der Waals surface area (Å²) in [5, 5.41) is 51.7. The lowest BCUT2D eigenvalue weighted by molar-refractivity contribution is 0.0686. The second-order valence-corrected chi connectivity index (χ2v) is 18.7. The van der Waals surface area contributed by atoms with Gasteiger partial charge in [-0.2, -0.15) is 0 Å². The zero-order valence-corrected chi connectivity index (χ0v) is 39.9. The van der Waals surface area contributed by atoms with Crippen LogP contribution in [-0.2, 0) is 0 Å². The van der Waals surface area contributed by atoms with Crippen molar-refractivity contribution < 1.29 is 39.6 Å². The van der Waals surface area contributed by atoms with Crippen LogP contribution in [0.1, 0.15) is 86.5 Å². The number of carboxylic acids is 4. The Balaban J connectivity index is 1.27. The predicted molar refractivity (Wildman–Crippen MR) is 292 cm³/mol. The van der Waals surface area contributed by atoms with Gasteiger partial charge in [0.1, 0.15) is 0 Å². The van der Waals surface area contributed by atoms with Crippen LogP contribution in [0, 0.1) is 0 Å². The first-order chi connectivity index (χ1) is 37.0. The van der Waals surface area contributed by atoms with Crippen molar-refractivity contribution >= 4 is 89.3 Å². The summed E-state index contributed by atoms with van der Waals surface area (Å²) in [5.74, 6) is -4.65. The molecule has 0 saturated carbocycles. The topological polar surface area (TPSA) is 212 Å². The van der Waals surface area contributed by atoms with Crippen LogP contribution < -0.4 is 21.4 Å². The number of carbonyl (C=O) groups is 4. The fourth-order valence-corrected chi connectivity index (χ4v) is 11.3. The number of aromatic carboxylic acids is 4. The standard InChI is InChI=1S/C64H40N4O8/c69-61(70)41-21-17-33-9-1-5-13-37(33)53(41)57-45-25-27-47(65-45)58(54-38-14-6-2-10-34(38)18-22-42(54)62(71)72)49-29-31-51(67-49)60(56-40-16-8-4-12-36(40)20-24-44(56)64(75)76)52-32-30-50(68-52)59(48-28-26-46(57)66-48)55-39-15-7-3-11-35(39)19-23-43(55)63(73)74/h1-32,65-68H,(H,69,70)(H,71,72)(H,73,74)(H,75,76). The number of aromatic nitrogens is 4. The van der Waals surface area contributed by atoms with Crippen molar-refractivity contribution in [3.63, 3.8) is 0 Å². The van der Waals surface area contributed by atoms with Gasteiger partial charge in [0.05, 0.1) is 22.3 Å². The summed E-state index contributed by atoms with van der Waals surface area (Å²) in [6, 6.07) is 58.2. The molecule has 8 N–H and O–H groups in total. The molecule has 8 bridgehead atoms. The zero-order valence-electron chi connectivity index (χ0n) is 39.9. The highest BCUT2D eigenvalue weighted by Gasteiger charge is 2.28. The molecule has 0 amide bonds. The average molecular weight is 993 g/mol. The zero-order chi connectivity index (χ0) is 51.9. The highest BCUT2D eigenvalue weighted by atomic mass is 16.4. The van der Waals surface area contributed by atoms with Crippen molar-refractivity contribution in [2.24, 2.45) is 0 Å². The molecule has 0 saturated heterocycles. The number of hydrogen-bond acceptors (Lipinski definition) is 4. The van der Waals surface area contributed by atoms with Crippen molar-refractivity contribution in [2.75, 3.05) is 0 Å². The Morgan fingerprint density at radius 1 is 0.250 bits per heavy atom. The van der Waals surface area contributed by atoms with E-state index in [1.54, 1.807) is 48.5 Å². The van der Waals surface area contributed by atoms with Gasteiger partial charge in [0.15, 0.2) is 0 Å². The summed E-state index contributed by atoms with van der Waals surface area (Å²) >= 11 is 0. The number of nitrogens with one attached hydrogen (secondary N) is 4. The van der Waals surface area contributed by atoms with E-state index in [1.807, 2.05) is 146 Å². The summed E-state index contributed by atoms with van der Waals surface area (Å²) in [6.07, 6.45) is 0. The van der Waals surface area contributed by atoms with E-state index >= 15 is 0 Å². The van der Waals surface area contributed by atoms with Gasteiger partial charge in [0, 0.05) is 88.7 Å². The molecule has 1 aliphatic rings. The van der Waals surface area contributed by atoms with Gasteiger partial charge in [-0.3, -0.25) is 0 Å². The average Bonchev–Trinajstić information content (AvgIpc) is 4.33. The van der Waals surface area contributed by atoms with Crippen molar-refractivity contribution in [3.05, 3.63) is 283 Å². The van der Waals surface area contributed by atoms with E-state index in [0.29, 0.717) is 110 Å². The quantitative estimate of drug-likeness (QED) is 0.0733. The maximum atomic E-state index is 13.5. The number of carboxylic acid groups (broad SMARTS) is 4. The first kappa shape index (κ1) is 45.2. The van der Waals surface area contributed by atoms with E-state index in [0.717, 1.165) is 21.5 Å². The first-order valence-electron chi connectivity index (χ1n) is 24.3. The van der Waals surface area contributed by atoms with E-state index in [1.165, 1.54) is 0 Å². The minimum atomic E-state index is -1.16. The third-order valence-corrected chi connectivity index (χ3v) is 14.5. The van der Waals surface area contributed by atoms with Crippen molar-refractivity contribution in [1.29, 1.82) is 0 Å². The number of benzene rings is 8. The Labute approximate surface area is 429 Å². The van der Waals surface area contributed by atoms with Gasteiger partial charge >= 0.3 is 23.9 Å². The molecule has 8 aromatic carbocycles. The molecule has 0 fully saturated rings. The Morgan fingerprint density at radius 3 is 0.697 bits per heavy atom. The molecule has 4 aromatic heterocycles. The number of hydrogen-bond donors (Lipinski definition) is 8. The fraction of sp³-hybridized carbons (Fsp3) is 0. The first-order valence-corrected chi connectivity index (χ1v) is 24.3. The van der Waals surface area contributed by atoms with Gasteiger partial charge in [-0.15, -0.1) is 0 Å². The van der Waals surface area contributed by atoms with E-state index in [2.05, 4.69) is 19.9 Å². The molecule has 12 nitrogen and oxygen atoms in total. The molecule has 0 aliphatic carbocycles. The molecular formula is C64H40N4O8. The summed E-state index contributed by atoms with van der Waals surface area (Å²) in [5.41, 5.74) is 5.47. The molecule has 0 unspecified atom stereocenters. The third kappa shape index (κ3) is 7.15. The molecule has 76 heavy (non-hydrogen) atoms. The van der Waals surface area contributed by atoms with E-state index < -0.39 is 23.9 Å². The lowest BCUT2D eigenvalue weighted by atomic mass is 9.91. The molecule has 5 heterocycles. The van der Waals surface area contributed by atoms with Gasteiger partial charge in [-0.1, -0.05) is 121 Å². The summed E-state index contributed by atoms with van der Waals surface area (Å²) < 4.78 is 0. The van der Waals surface area contributed by atoms with Crippen LogP contribution in [0.5, 0.6) is 0 Å². The largest absolute Gasteiger partial charge is 0.478 e. The summed E-state index contributed by atoms with van der Waals surface area (Å²) in [6.45, 7) is 0. The van der Waals surface area contributed by atoms with Crippen LogP contribution in [0.2, 0.25) is 0 Å². The Kier molecular flexibility index (Phi) is 10.4.